The fourth-order valence-electron chi connectivity index (χ4n) is 4.32. The van der Waals surface area contributed by atoms with Crippen molar-refractivity contribution in [3.8, 4) is 5.75 Å². The Morgan fingerprint density at radius 3 is 2.41 bits per heavy atom. The van der Waals surface area contributed by atoms with Gasteiger partial charge >= 0.3 is 0 Å². The molecule has 1 atom stereocenters. The summed E-state index contributed by atoms with van der Waals surface area (Å²) in [6.07, 6.45) is 0. The number of amides is 1. The van der Waals surface area contributed by atoms with Crippen LogP contribution in [0.15, 0.2) is 53.4 Å². The van der Waals surface area contributed by atoms with E-state index in [1.165, 1.54) is 23.3 Å². The third-order valence-corrected chi connectivity index (χ3v) is 6.68. The van der Waals surface area contributed by atoms with E-state index >= 15 is 0 Å². The van der Waals surface area contributed by atoms with Gasteiger partial charge in [0.25, 0.3) is 11.7 Å². The Labute approximate surface area is 191 Å². The van der Waals surface area contributed by atoms with Crippen molar-refractivity contribution >= 4 is 34.5 Å². The lowest BCUT2D eigenvalue weighted by Gasteiger charge is -2.26. The largest absolute Gasteiger partial charge is 0.507 e. The molecule has 1 fully saturated rings. The first-order valence-corrected chi connectivity index (χ1v) is 11.2. The Morgan fingerprint density at radius 1 is 1.00 bits per heavy atom. The minimum atomic E-state index is -0.721. The van der Waals surface area contributed by atoms with Gasteiger partial charge in [-0.3, -0.25) is 14.5 Å². The van der Waals surface area contributed by atoms with E-state index < -0.39 is 17.7 Å². The quantitative estimate of drug-likeness (QED) is 0.320. The molecule has 1 N–H and O–H groups in total. The van der Waals surface area contributed by atoms with Gasteiger partial charge in [0, 0.05) is 10.6 Å². The highest BCUT2D eigenvalue weighted by atomic mass is 32.1. The van der Waals surface area contributed by atoms with E-state index in [4.69, 9.17) is 4.74 Å². The van der Waals surface area contributed by atoms with Crippen LogP contribution >= 0.6 is 11.3 Å². The highest BCUT2D eigenvalue weighted by Gasteiger charge is 2.48. The molecule has 1 saturated heterocycles. The Bertz CT molecular complexity index is 1260. The van der Waals surface area contributed by atoms with Gasteiger partial charge in [0.2, 0.25) is 0 Å². The van der Waals surface area contributed by atoms with Crippen LogP contribution in [0.1, 0.15) is 38.7 Å². The predicted molar refractivity (Wildman–Crippen MR) is 127 cm³/mol. The summed E-state index contributed by atoms with van der Waals surface area (Å²) < 4.78 is 5.54. The van der Waals surface area contributed by atoms with Crippen molar-refractivity contribution in [3.63, 3.8) is 0 Å². The van der Waals surface area contributed by atoms with E-state index in [-0.39, 0.29) is 11.3 Å². The zero-order valence-electron chi connectivity index (χ0n) is 18.7. The Hall–Kier alpha value is -3.38. The molecule has 164 valence electrons. The van der Waals surface area contributed by atoms with Crippen molar-refractivity contribution in [1.82, 2.24) is 0 Å². The molecule has 1 aromatic heterocycles. The summed E-state index contributed by atoms with van der Waals surface area (Å²) in [5, 5.41) is 13.3. The maximum atomic E-state index is 13.3. The molecule has 0 spiro atoms. The lowest BCUT2D eigenvalue weighted by molar-refractivity contribution is -0.132. The van der Waals surface area contributed by atoms with Gasteiger partial charge < -0.3 is 9.84 Å². The highest BCUT2D eigenvalue weighted by molar-refractivity contribution is 7.10. The van der Waals surface area contributed by atoms with Crippen LogP contribution in [-0.2, 0) is 9.59 Å². The summed E-state index contributed by atoms with van der Waals surface area (Å²) in [6, 6.07) is 12.6. The number of hydrogen-bond acceptors (Lipinski definition) is 5. The summed E-state index contributed by atoms with van der Waals surface area (Å²) in [4.78, 5) is 29.0. The summed E-state index contributed by atoms with van der Waals surface area (Å²) in [6.45, 7) is 7.65. The van der Waals surface area contributed by atoms with Crippen molar-refractivity contribution < 1.29 is 19.4 Å². The molecule has 1 aliphatic rings. The Morgan fingerprint density at radius 2 is 1.75 bits per heavy atom. The van der Waals surface area contributed by atoms with Gasteiger partial charge in [0.05, 0.1) is 18.2 Å². The number of ether oxygens (including phenoxy) is 1. The van der Waals surface area contributed by atoms with E-state index in [0.717, 1.165) is 27.1 Å². The SMILES string of the molecule is COc1c(C)cc(C)cc1/C(O)=C1/C(=O)C(=O)N(c2cc(C)ccc2C)C1c1cccs1. The van der Waals surface area contributed by atoms with Crippen LogP contribution in [0, 0.1) is 27.7 Å². The first kappa shape index (κ1) is 21.8. The topological polar surface area (TPSA) is 66.8 Å². The monoisotopic (exact) mass is 447 g/mol. The first-order chi connectivity index (χ1) is 15.2. The van der Waals surface area contributed by atoms with E-state index in [2.05, 4.69) is 0 Å². The number of aliphatic hydroxyl groups excluding tert-OH is 1. The first-order valence-electron chi connectivity index (χ1n) is 10.3. The zero-order chi connectivity index (χ0) is 23.2. The second-order valence-electron chi connectivity index (χ2n) is 8.14. The number of methoxy groups -OCH3 is 1. The molecule has 1 amide bonds. The van der Waals surface area contributed by atoms with Crippen LogP contribution in [0.25, 0.3) is 5.76 Å². The standard InChI is InChI=1S/C26H25NO4S/c1-14-8-9-16(3)19(13-14)27-22(20-7-6-10-32-20)21(24(29)26(27)30)23(28)18-12-15(2)11-17(4)25(18)31-5/h6-13,22,28H,1-5H3/b23-21-. The fourth-order valence-corrected chi connectivity index (χ4v) is 5.15. The van der Waals surface area contributed by atoms with Crippen molar-refractivity contribution in [2.24, 2.45) is 0 Å². The summed E-state index contributed by atoms with van der Waals surface area (Å²) in [7, 11) is 1.53. The zero-order valence-corrected chi connectivity index (χ0v) is 19.5. The van der Waals surface area contributed by atoms with E-state index in [9.17, 15) is 14.7 Å². The average molecular weight is 448 g/mol. The highest BCUT2D eigenvalue weighted by Crippen LogP contribution is 2.45. The van der Waals surface area contributed by atoms with Gasteiger partial charge in [0.15, 0.2) is 0 Å². The van der Waals surface area contributed by atoms with Gasteiger partial charge in [-0.2, -0.15) is 0 Å². The molecule has 1 unspecified atom stereocenters. The third kappa shape index (κ3) is 3.50. The number of anilines is 1. The molecule has 2 aromatic carbocycles. The van der Waals surface area contributed by atoms with Crippen molar-refractivity contribution in [3.05, 3.63) is 86.1 Å². The second kappa shape index (κ2) is 8.28. The third-order valence-electron chi connectivity index (χ3n) is 5.76. The number of Topliss-reactive ketones (excluding diaryl/α,β-unsaturated/α-hetero) is 1. The molecule has 0 aliphatic carbocycles. The lowest BCUT2D eigenvalue weighted by Crippen LogP contribution is -2.29. The normalized spacial score (nSPS) is 17.8. The average Bonchev–Trinajstić information content (AvgIpc) is 3.36. The minimum absolute atomic E-state index is 0.0710. The van der Waals surface area contributed by atoms with Gasteiger partial charge in [-0.25, -0.2) is 0 Å². The van der Waals surface area contributed by atoms with Gasteiger partial charge in [-0.15, -0.1) is 11.3 Å². The molecule has 6 heteroatoms. The maximum Gasteiger partial charge on any atom is 0.300 e. The van der Waals surface area contributed by atoms with Gasteiger partial charge in [-0.1, -0.05) is 24.3 Å². The molecule has 0 radical (unpaired) electrons. The van der Waals surface area contributed by atoms with Crippen LogP contribution in [0.5, 0.6) is 5.75 Å². The summed E-state index contributed by atoms with van der Waals surface area (Å²) in [5.41, 5.74) is 4.76. The van der Waals surface area contributed by atoms with Crippen molar-refractivity contribution in [2.45, 2.75) is 33.7 Å². The maximum absolute atomic E-state index is 13.3. The van der Waals surface area contributed by atoms with Crippen LogP contribution in [-0.4, -0.2) is 23.9 Å². The molecule has 32 heavy (non-hydrogen) atoms. The number of hydrogen-bond donors (Lipinski definition) is 1. The minimum Gasteiger partial charge on any atom is -0.507 e. The number of benzene rings is 2. The Balaban J connectivity index is 2.01. The number of rotatable bonds is 4. The molecular formula is C26H25NO4S. The molecule has 0 saturated carbocycles. The van der Waals surface area contributed by atoms with E-state index in [1.807, 2.05) is 69.5 Å². The number of carbonyl (C=O) groups excluding carboxylic acids is 2. The van der Waals surface area contributed by atoms with Crippen LogP contribution in [0.2, 0.25) is 0 Å². The summed E-state index contributed by atoms with van der Waals surface area (Å²) >= 11 is 1.44. The van der Waals surface area contributed by atoms with Crippen molar-refractivity contribution in [1.29, 1.82) is 0 Å². The molecular weight excluding hydrogens is 422 g/mol. The molecule has 2 heterocycles. The molecule has 0 bridgehead atoms. The number of ketones is 1. The number of carbonyl (C=O) groups is 2. The number of aliphatic hydroxyl groups is 1. The second-order valence-corrected chi connectivity index (χ2v) is 9.12. The van der Waals surface area contributed by atoms with Crippen molar-refractivity contribution in [2.75, 3.05) is 12.0 Å². The Kier molecular flexibility index (Phi) is 5.65. The van der Waals surface area contributed by atoms with Crippen LogP contribution in [0.4, 0.5) is 5.69 Å². The van der Waals surface area contributed by atoms with Gasteiger partial charge in [-0.05, 0) is 73.5 Å². The smallest absolute Gasteiger partial charge is 0.300 e. The number of aryl methyl sites for hydroxylation is 4. The number of nitrogens with zero attached hydrogens (tertiary/aromatic N) is 1. The number of thiophene rings is 1. The molecule has 3 aromatic rings. The van der Waals surface area contributed by atoms with E-state index in [0.29, 0.717) is 17.0 Å². The van der Waals surface area contributed by atoms with Crippen LogP contribution < -0.4 is 9.64 Å². The summed E-state index contributed by atoms with van der Waals surface area (Å²) in [5.74, 6) is -1.10. The predicted octanol–water partition coefficient (Wildman–Crippen LogP) is 5.62. The molecule has 1 aliphatic heterocycles. The van der Waals surface area contributed by atoms with Gasteiger partial charge in [0.1, 0.15) is 17.6 Å². The molecule has 4 rings (SSSR count). The van der Waals surface area contributed by atoms with Crippen LogP contribution in [0.3, 0.4) is 0 Å². The van der Waals surface area contributed by atoms with E-state index in [1.54, 1.807) is 6.07 Å². The molecule has 5 nitrogen and oxygen atoms in total. The lowest BCUT2D eigenvalue weighted by atomic mass is 9.96. The fraction of sp³-hybridized carbons (Fsp3) is 0.231.